The van der Waals surface area contributed by atoms with Crippen molar-refractivity contribution in [3.63, 3.8) is 0 Å². The van der Waals surface area contributed by atoms with Gasteiger partial charge in [-0.05, 0) is 43.4 Å². The van der Waals surface area contributed by atoms with Gasteiger partial charge in [-0.15, -0.1) is 0 Å². The number of rotatable bonds is 11. The van der Waals surface area contributed by atoms with Gasteiger partial charge in [0.25, 0.3) is 0 Å². The zero-order valence-electron chi connectivity index (χ0n) is 14.5. The Morgan fingerprint density at radius 3 is 2.10 bits per heavy atom. The summed E-state index contributed by atoms with van der Waals surface area (Å²) in [5, 5.41) is 0. The van der Waals surface area contributed by atoms with E-state index in [1.807, 2.05) is 0 Å². The fourth-order valence-corrected chi connectivity index (χ4v) is 2.88. The van der Waals surface area contributed by atoms with Crippen LogP contribution in [0.5, 0.6) is 0 Å². The highest BCUT2D eigenvalue weighted by molar-refractivity contribution is 5.30. The second-order valence-corrected chi connectivity index (χ2v) is 6.65. The minimum absolute atomic E-state index is 0.326. The minimum atomic E-state index is 0.326. The van der Waals surface area contributed by atoms with E-state index in [1.54, 1.807) is 0 Å². The number of aryl methyl sites for hydroxylation is 2. The summed E-state index contributed by atoms with van der Waals surface area (Å²) in [5.74, 6) is 0. The minimum Gasteiger partial charge on any atom is -0.327 e. The normalized spacial score (nSPS) is 12.6. The molecule has 1 nitrogen and oxygen atoms in total. The number of nitrogens with two attached hydrogens (primary N) is 1. The van der Waals surface area contributed by atoms with Crippen molar-refractivity contribution < 1.29 is 0 Å². The van der Waals surface area contributed by atoms with Crippen molar-refractivity contribution in [2.24, 2.45) is 5.73 Å². The highest BCUT2D eigenvalue weighted by atomic mass is 14.6. The molecule has 0 saturated heterocycles. The maximum Gasteiger partial charge on any atom is 0.00793 e. The zero-order valence-corrected chi connectivity index (χ0v) is 14.5. The van der Waals surface area contributed by atoms with Crippen LogP contribution < -0.4 is 5.73 Å². The van der Waals surface area contributed by atoms with E-state index in [0.717, 1.165) is 6.42 Å². The SMILES string of the molecule is CCCCCCCCCCC(N)Cc1ccc(C)c(C)c1. The lowest BCUT2D eigenvalue weighted by atomic mass is 9.98. The molecule has 0 spiro atoms. The third kappa shape index (κ3) is 8.26. The molecule has 0 heterocycles. The van der Waals surface area contributed by atoms with Gasteiger partial charge in [-0.2, -0.15) is 0 Å². The van der Waals surface area contributed by atoms with Crippen molar-refractivity contribution in [3.8, 4) is 0 Å². The van der Waals surface area contributed by atoms with Gasteiger partial charge in [0.05, 0.1) is 0 Å². The van der Waals surface area contributed by atoms with Gasteiger partial charge >= 0.3 is 0 Å². The third-order valence-electron chi connectivity index (χ3n) is 4.50. The van der Waals surface area contributed by atoms with Crippen LogP contribution in [0.2, 0.25) is 0 Å². The van der Waals surface area contributed by atoms with E-state index in [4.69, 9.17) is 5.73 Å². The standard InChI is InChI=1S/C20H35N/c1-4-5-6-7-8-9-10-11-12-20(21)16-19-14-13-17(2)18(3)15-19/h13-15,20H,4-12,16,21H2,1-3H3. The average molecular weight is 290 g/mol. The van der Waals surface area contributed by atoms with E-state index in [1.165, 1.54) is 74.5 Å². The lowest BCUT2D eigenvalue weighted by Gasteiger charge is -2.12. The van der Waals surface area contributed by atoms with Gasteiger partial charge in [0.2, 0.25) is 0 Å². The molecule has 0 aliphatic rings. The van der Waals surface area contributed by atoms with Crippen LogP contribution in [0.25, 0.3) is 0 Å². The summed E-state index contributed by atoms with van der Waals surface area (Å²) in [7, 11) is 0. The topological polar surface area (TPSA) is 26.0 Å². The number of unbranched alkanes of at least 4 members (excludes halogenated alkanes) is 7. The lowest BCUT2D eigenvalue weighted by molar-refractivity contribution is 0.524. The smallest absolute Gasteiger partial charge is 0.00793 e. The largest absolute Gasteiger partial charge is 0.327 e. The van der Waals surface area contributed by atoms with Crippen molar-refractivity contribution in [2.45, 2.75) is 91.0 Å². The summed E-state index contributed by atoms with van der Waals surface area (Å²) in [6.07, 6.45) is 13.2. The molecule has 0 aliphatic heterocycles. The van der Waals surface area contributed by atoms with Crippen molar-refractivity contribution in [1.82, 2.24) is 0 Å². The molecule has 120 valence electrons. The Hall–Kier alpha value is -0.820. The van der Waals surface area contributed by atoms with Crippen LogP contribution in [0.15, 0.2) is 18.2 Å². The first-order chi connectivity index (χ1) is 10.1. The molecule has 1 heteroatoms. The molecular formula is C20H35N. The van der Waals surface area contributed by atoms with Gasteiger partial charge in [0.15, 0.2) is 0 Å². The van der Waals surface area contributed by atoms with Crippen LogP contribution in [-0.4, -0.2) is 6.04 Å². The fraction of sp³-hybridized carbons (Fsp3) is 0.700. The molecule has 0 radical (unpaired) electrons. The fourth-order valence-electron chi connectivity index (χ4n) is 2.88. The van der Waals surface area contributed by atoms with Gasteiger partial charge < -0.3 is 5.73 Å². The van der Waals surface area contributed by atoms with Crippen LogP contribution in [0.1, 0.15) is 81.4 Å². The quantitative estimate of drug-likeness (QED) is 0.519. The summed E-state index contributed by atoms with van der Waals surface area (Å²) < 4.78 is 0. The molecular weight excluding hydrogens is 254 g/mol. The molecule has 2 N–H and O–H groups in total. The van der Waals surface area contributed by atoms with E-state index in [9.17, 15) is 0 Å². The number of hydrogen-bond acceptors (Lipinski definition) is 1. The molecule has 0 saturated carbocycles. The molecule has 1 unspecified atom stereocenters. The Kier molecular flexibility index (Phi) is 9.41. The molecule has 1 aromatic carbocycles. The van der Waals surface area contributed by atoms with Crippen LogP contribution in [0.3, 0.4) is 0 Å². The van der Waals surface area contributed by atoms with Crippen molar-refractivity contribution in [1.29, 1.82) is 0 Å². The van der Waals surface area contributed by atoms with Crippen molar-refractivity contribution >= 4 is 0 Å². The van der Waals surface area contributed by atoms with E-state index in [0.29, 0.717) is 6.04 Å². The second-order valence-electron chi connectivity index (χ2n) is 6.65. The Bertz CT molecular complexity index is 383. The van der Waals surface area contributed by atoms with E-state index in [-0.39, 0.29) is 0 Å². The third-order valence-corrected chi connectivity index (χ3v) is 4.50. The zero-order chi connectivity index (χ0) is 15.5. The Morgan fingerprint density at radius 2 is 1.48 bits per heavy atom. The van der Waals surface area contributed by atoms with Crippen molar-refractivity contribution in [2.75, 3.05) is 0 Å². The molecule has 0 aromatic heterocycles. The predicted molar refractivity (Wildman–Crippen MR) is 94.8 cm³/mol. The summed E-state index contributed by atoms with van der Waals surface area (Å²) in [6.45, 7) is 6.62. The first-order valence-electron chi connectivity index (χ1n) is 8.95. The maximum atomic E-state index is 6.27. The maximum absolute atomic E-state index is 6.27. The van der Waals surface area contributed by atoms with E-state index < -0.39 is 0 Å². The van der Waals surface area contributed by atoms with Gasteiger partial charge in [-0.3, -0.25) is 0 Å². The molecule has 21 heavy (non-hydrogen) atoms. The van der Waals surface area contributed by atoms with Crippen LogP contribution >= 0.6 is 0 Å². The molecule has 0 fully saturated rings. The Labute approximate surface area is 132 Å². The molecule has 1 rings (SSSR count). The first-order valence-corrected chi connectivity index (χ1v) is 8.95. The highest BCUT2D eigenvalue weighted by Crippen LogP contribution is 2.14. The van der Waals surface area contributed by atoms with Crippen LogP contribution in [0, 0.1) is 13.8 Å². The van der Waals surface area contributed by atoms with Crippen molar-refractivity contribution in [3.05, 3.63) is 34.9 Å². The second kappa shape index (κ2) is 10.8. The molecule has 0 amide bonds. The molecule has 1 atom stereocenters. The summed E-state index contributed by atoms with van der Waals surface area (Å²) in [6, 6.07) is 7.07. The average Bonchev–Trinajstić information content (AvgIpc) is 2.46. The predicted octanol–water partition coefficient (Wildman–Crippen LogP) is 5.70. The van der Waals surface area contributed by atoms with Crippen LogP contribution in [-0.2, 0) is 6.42 Å². The lowest BCUT2D eigenvalue weighted by Crippen LogP contribution is -2.22. The van der Waals surface area contributed by atoms with E-state index in [2.05, 4.69) is 39.0 Å². The Balaban J connectivity index is 2.08. The highest BCUT2D eigenvalue weighted by Gasteiger charge is 2.05. The summed E-state index contributed by atoms with van der Waals surface area (Å²) in [4.78, 5) is 0. The van der Waals surface area contributed by atoms with E-state index >= 15 is 0 Å². The van der Waals surface area contributed by atoms with Gasteiger partial charge in [-0.1, -0.05) is 76.5 Å². The van der Waals surface area contributed by atoms with Gasteiger partial charge in [-0.25, -0.2) is 0 Å². The summed E-state index contributed by atoms with van der Waals surface area (Å²) >= 11 is 0. The summed E-state index contributed by atoms with van der Waals surface area (Å²) in [5.41, 5.74) is 10.4. The van der Waals surface area contributed by atoms with Crippen LogP contribution in [0.4, 0.5) is 0 Å². The number of benzene rings is 1. The van der Waals surface area contributed by atoms with Gasteiger partial charge in [0.1, 0.15) is 0 Å². The number of hydrogen-bond donors (Lipinski definition) is 1. The van der Waals surface area contributed by atoms with Gasteiger partial charge in [0, 0.05) is 6.04 Å². The molecule has 1 aromatic rings. The first kappa shape index (κ1) is 18.2. The molecule has 0 aliphatic carbocycles. The molecule has 0 bridgehead atoms. The monoisotopic (exact) mass is 289 g/mol. The Morgan fingerprint density at radius 1 is 0.857 bits per heavy atom.